The molecule has 7 nitrogen and oxygen atoms in total. The van der Waals surface area contributed by atoms with Gasteiger partial charge in [0.1, 0.15) is 5.58 Å². The number of benzene rings is 2. The summed E-state index contributed by atoms with van der Waals surface area (Å²) < 4.78 is 11.7. The van der Waals surface area contributed by atoms with Crippen molar-refractivity contribution in [1.82, 2.24) is 14.8 Å². The van der Waals surface area contributed by atoms with Crippen LogP contribution < -0.4 is 5.43 Å². The summed E-state index contributed by atoms with van der Waals surface area (Å²) in [6.07, 6.45) is 3.41. The minimum atomic E-state index is -0.519. The standard InChI is InChI=1S/C26H23N3O4/c30-23-20-8-7-17-4-1-2-6-19(17)24(20)33-25-21(23)22(18-5-3-9-27-16-18)29(26(25)31)11-10-28-12-14-32-15-13-28/h1-9,16,22H,10-15H2/t22-/m0/s1. The topological polar surface area (TPSA) is 75.9 Å². The van der Waals surface area contributed by atoms with Gasteiger partial charge in [0, 0.05) is 44.0 Å². The third kappa shape index (κ3) is 3.32. The van der Waals surface area contributed by atoms with Crippen molar-refractivity contribution in [3.05, 3.63) is 88.0 Å². The Morgan fingerprint density at radius 1 is 0.939 bits per heavy atom. The molecule has 0 bridgehead atoms. The minimum absolute atomic E-state index is 0.139. The van der Waals surface area contributed by atoms with Crippen molar-refractivity contribution in [3.8, 4) is 0 Å². The lowest BCUT2D eigenvalue weighted by Gasteiger charge is -2.30. The molecule has 0 N–H and O–H groups in total. The maximum absolute atomic E-state index is 13.8. The van der Waals surface area contributed by atoms with Gasteiger partial charge in [-0.2, -0.15) is 0 Å². The lowest BCUT2D eigenvalue weighted by molar-refractivity contribution is 0.0314. The van der Waals surface area contributed by atoms with E-state index in [-0.39, 0.29) is 17.1 Å². The van der Waals surface area contributed by atoms with Gasteiger partial charge in [-0.3, -0.25) is 19.5 Å². The molecule has 2 aliphatic heterocycles. The van der Waals surface area contributed by atoms with E-state index in [1.54, 1.807) is 23.4 Å². The van der Waals surface area contributed by atoms with E-state index >= 15 is 0 Å². The van der Waals surface area contributed by atoms with Gasteiger partial charge in [-0.25, -0.2) is 0 Å². The van der Waals surface area contributed by atoms with E-state index in [1.807, 2.05) is 42.5 Å². The fourth-order valence-electron chi connectivity index (χ4n) is 4.94. The smallest absolute Gasteiger partial charge is 0.290 e. The van der Waals surface area contributed by atoms with E-state index in [4.69, 9.17) is 9.15 Å². The van der Waals surface area contributed by atoms with Crippen LogP contribution in [0.1, 0.15) is 27.7 Å². The third-order valence-electron chi connectivity index (χ3n) is 6.62. The molecule has 0 spiro atoms. The Labute approximate surface area is 190 Å². The maximum atomic E-state index is 13.8. The summed E-state index contributed by atoms with van der Waals surface area (Å²) in [7, 11) is 0. The van der Waals surface area contributed by atoms with Crippen LogP contribution in [-0.2, 0) is 4.74 Å². The number of carbonyl (C=O) groups is 1. The Bertz CT molecular complexity index is 1410. The summed E-state index contributed by atoms with van der Waals surface area (Å²) in [6.45, 7) is 4.24. The molecule has 4 heterocycles. The molecule has 1 amide bonds. The number of rotatable bonds is 4. The van der Waals surface area contributed by atoms with Gasteiger partial charge in [-0.05, 0) is 23.1 Å². The first-order valence-corrected chi connectivity index (χ1v) is 11.2. The first-order chi connectivity index (χ1) is 16.2. The number of hydrogen-bond donors (Lipinski definition) is 0. The minimum Gasteiger partial charge on any atom is -0.450 e. The zero-order valence-corrected chi connectivity index (χ0v) is 18.1. The molecule has 2 aliphatic rings. The number of pyridine rings is 1. The maximum Gasteiger partial charge on any atom is 0.290 e. The fraction of sp³-hybridized carbons (Fsp3) is 0.269. The summed E-state index contributed by atoms with van der Waals surface area (Å²) in [5.74, 6) is -0.112. The summed E-state index contributed by atoms with van der Waals surface area (Å²) in [4.78, 5) is 35.7. The average molecular weight is 441 g/mol. The van der Waals surface area contributed by atoms with Crippen LogP contribution in [0.4, 0.5) is 0 Å². The number of fused-ring (bicyclic) bond motifs is 4. The van der Waals surface area contributed by atoms with Gasteiger partial charge in [0.25, 0.3) is 5.91 Å². The van der Waals surface area contributed by atoms with Crippen molar-refractivity contribution in [2.24, 2.45) is 0 Å². The molecule has 1 saturated heterocycles. The van der Waals surface area contributed by atoms with E-state index in [1.165, 1.54) is 0 Å². The van der Waals surface area contributed by atoms with Crippen LogP contribution in [0.2, 0.25) is 0 Å². The fourth-order valence-corrected chi connectivity index (χ4v) is 4.94. The van der Waals surface area contributed by atoms with Gasteiger partial charge >= 0.3 is 0 Å². The molecule has 33 heavy (non-hydrogen) atoms. The van der Waals surface area contributed by atoms with Crippen LogP contribution in [0.5, 0.6) is 0 Å². The molecular weight excluding hydrogens is 418 g/mol. The van der Waals surface area contributed by atoms with Crippen LogP contribution >= 0.6 is 0 Å². The molecule has 4 aromatic rings. The van der Waals surface area contributed by atoms with Crippen molar-refractivity contribution < 1.29 is 13.9 Å². The Balaban J connectivity index is 1.50. The van der Waals surface area contributed by atoms with Crippen molar-refractivity contribution >= 4 is 27.6 Å². The predicted molar refractivity (Wildman–Crippen MR) is 124 cm³/mol. The van der Waals surface area contributed by atoms with Gasteiger partial charge in [0.15, 0.2) is 5.43 Å². The number of hydrogen-bond acceptors (Lipinski definition) is 6. The van der Waals surface area contributed by atoms with Crippen molar-refractivity contribution in [2.45, 2.75) is 6.04 Å². The van der Waals surface area contributed by atoms with E-state index in [0.717, 1.165) is 29.4 Å². The number of nitrogens with zero attached hydrogens (tertiary/aromatic N) is 3. The van der Waals surface area contributed by atoms with E-state index < -0.39 is 6.04 Å². The van der Waals surface area contributed by atoms with E-state index in [0.29, 0.717) is 42.8 Å². The molecule has 0 radical (unpaired) electrons. The van der Waals surface area contributed by atoms with Gasteiger partial charge in [-0.1, -0.05) is 36.4 Å². The van der Waals surface area contributed by atoms with Crippen LogP contribution in [0.15, 0.2) is 70.1 Å². The summed E-state index contributed by atoms with van der Waals surface area (Å²) in [5, 5.41) is 2.28. The zero-order valence-electron chi connectivity index (χ0n) is 18.1. The molecule has 2 aromatic heterocycles. The number of carbonyl (C=O) groups excluding carboxylic acids is 1. The second-order valence-corrected chi connectivity index (χ2v) is 8.48. The summed E-state index contributed by atoms with van der Waals surface area (Å²) in [6, 6.07) is 14.7. The second kappa shape index (κ2) is 8.10. The highest BCUT2D eigenvalue weighted by Gasteiger charge is 2.43. The SMILES string of the molecule is O=C1c2oc3c(ccc4ccccc43)c(=O)c2[C@H](c2cccnc2)N1CCN1CCOCC1. The largest absolute Gasteiger partial charge is 0.450 e. The third-order valence-corrected chi connectivity index (χ3v) is 6.62. The molecule has 0 aliphatic carbocycles. The zero-order chi connectivity index (χ0) is 22.4. The molecule has 7 heteroatoms. The Hall–Kier alpha value is -3.55. The van der Waals surface area contributed by atoms with Crippen LogP contribution in [-0.4, -0.2) is 60.1 Å². The van der Waals surface area contributed by atoms with Crippen molar-refractivity contribution in [3.63, 3.8) is 0 Å². The van der Waals surface area contributed by atoms with Crippen LogP contribution in [0, 0.1) is 0 Å². The number of ether oxygens (including phenoxy) is 1. The number of aromatic nitrogens is 1. The van der Waals surface area contributed by atoms with Crippen molar-refractivity contribution in [2.75, 3.05) is 39.4 Å². The number of amides is 1. The molecule has 1 fully saturated rings. The highest BCUT2D eigenvalue weighted by molar-refractivity contribution is 6.06. The Kier molecular flexibility index (Phi) is 4.93. The number of morpholine rings is 1. The van der Waals surface area contributed by atoms with E-state index in [2.05, 4.69) is 9.88 Å². The molecule has 0 saturated carbocycles. The summed E-state index contributed by atoms with van der Waals surface area (Å²) in [5.41, 5.74) is 1.51. The van der Waals surface area contributed by atoms with Gasteiger partial charge in [-0.15, -0.1) is 0 Å². The average Bonchev–Trinajstić information content (AvgIpc) is 3.15. The first-order valence-electron chi connectivity index (χ1n) is 11.2. The summed E-state index contributed by atoms with van der Waals surface area (Å²) >= 11 is 0. The lowest BCUT2D eigenvalue weighted by Crippen LogP contribution is -2.42. The monoisotopic (exact) mass is 441 g/mol. The van der Waals surface area contributed by atoms with Gasteiger partial charge < -0.3 is 14.1 Å². The normalized spacial score (nSPS) is 18.8. The van der Waals surface area contributed by atoms with E-state index in [9.17, 15) is 9.59 Å². The molecule has 0 unspecified atom stereocenters. The predicted octanol–water partition coefficient (Wildman–Crippen LogP) is 3.22. The first kappa shape index (κ1) is 20.1. The van der Waals surface area contributed by atoms with Crippen LogP contribution in [0.25, 0.3) is 21.7 Å². The molecular formula is C26H23N3O4. The highest BCUT2D eigenvalue weighted by atomic mass is 16.5. The van der Waals surface area contributed by atoms with Crippen molar-refractivity contribution in [1.29, 1.82) is 0 Å². The van der Waals surface area contributed by atoms with Gasteiger partial charge in [0.2, 0.25) is 5.76 Å². The van der Waals surface area contributed by atoms with Gasteiger partial charge in [0.05, 0.1) is 30.2 Å². The molecule has 6 rings (SSSR count). The van der Waals surface area contributed by atoms with Crippen LogP contribution in [0.3, 0.4) is 0 Å². The quantitative estimate of drug-likeness (QED) is 0.453. The highest BCUT2D eigenvalue weighted by Crippen LogP contribution is 2.38. The second-order valence-electron chi connectivity index (χ2n) is 8.48. The molecule has 2 aromatic carbocycles. The Morgan fingerprint density at radius 3 is 2.61 bits per heavy atom. The molecule has 166 valence electrons. The molecule has 1 atom stereocenters. The Morgan fingerprint density at radius 2 is 1.79 bits per heavy atom. The lowest BCUT2D eigenvalue weighted by atomic mass is 9.98.